The molecule has 1 heterocycles. The molecule has 94 valence electrons. The minimum absolute atomic E-state index is 0.211. The summed E-state index contributed by atoms with van der Waals surface area (Å²) in [4.78, 5) is 27.0. The molecule has 5 heteroatoms. The van der Waals surface area contributed by atoms with E-state index in [1.165, 1.54) is 25.8 Å². The monoisotopic (exact) mass is 263 g/mol. The van der Waals surface area contributed by atoms with Crippen LogP contribution in [0.1, 0.15) is 17.3 Å². The second kappa shape index (κ2) is 4.86. The fourth-order valence-electron chi connectivity index (χ4n) is 1.84. The highest BCUT2D eigenvalue weighted by atomic mass is 32.2. The zero-order valence-electron chi connectivity index (χ0n) is 10.4. The van der Waals surface area contributed by atoms with Crippen molar-refractivity contribution in [3.63, 3.8) is 0 Å². The number of ether oxygens (including phenoxy) is 1. The van der Waals surface area contributed by atoms with E-state index in [4.69, 9.17) is 4.74 Å². The fourth-order valence-corrected chi connectivity index (χ4v) is 2.50. The smallest absolute Gasteiger partial charge is 0.201 e. The molecule has 0 unspecified atom stereocenters. The number of H-pyrrole nitrogens is 1. The Kier molecular flexibility index (Phi) is 3.43. The number of fused-ring (bicyclic) bond motifs is 1. The Morgan fingerprint density at radius 2 is 2.11 bits per heavy atom. The first-order valence-corrected chi connectivity index (χ1v) is 6.60. The second-order valence-corrected chi connectivity index (χ2v) is 4.65. The summed E-state index contributed by atoms with van der Waals surface area (Å²) in [5.41, 5.74) is 0.665. The lowest BCUT2D eigenvalue weighted by atomic mass is 10.1. The lowest BCUT2D eigenvalue weighted by molar-refractivity contribution is 0.101. The normalized spacial score (nSPS) is 10.6. The number of rotatable bonds is 3. The van der Waals surface area contributed by atoms with Gasteiger partial charge in [0, 0.05) is 5.39 Å². The molecule has 0 atom stereocenters. The highest BCUT2D eigenvalue weighted by Gasteiger charge is 2.15. The number of aromatic nitrogens is 1. The zero-order chi connectivity index (χ0) is 13.3. The zero-order valence-corrected chi connectivity index (χ0v) is 11.2. The van der Waals surface area contributed by atoms with E-state index in [0.717, 1.165) is 0 Å². The molecule has 0 fully saturated rings. The van der Waals surface area contributed by atoms with Crippen LogP contribution in [0.4, 0.5) is 0 Å². The van der Waals surface area contributed by atoms with Gasteiger partial charge in [-0.1, -0.05) is 0 Å². The van der Waals surface area contributed by atoms with Crippen molar-refractivity contribution in [2.45, 2.75) is 11.9 Å². The van der Waals surface area contributed by atoms with Gasteiger partial charge in [-0.15, -0.1) is 11.8 Å². The molecule has 0 aliphatic heterocycles. The lowest BCUT2D eigenvalue weighted by Crippen LogP contribution is -2.16. The van der Waals surface area contributed by atoms with Crippen molar-refractivity contribution >= 4 is 28.4 Å². The summed E-state index contributed by atoms with van der Waals surface area (Å²) in [6, 6.07) is 5.19. The molecule has 0 amide bonds. The number of pyridine rings is 1. The average molecular weight is 263 g/mol. The SMILES string of the molecule is COc1ccc2[nH]c(SC)c(C(C)=O)c(=O)c2c1. The molecule has 0 aliphatic carbocycles. The molecule has 0 aliphatic rings. The van der Waals surface area contributed by atoms with Crippen LogP contribution in [0.5, 0.6) is 5.75 Å². The summed E-state index contributed by atoms with van der Waals surface area (Å²) >= 11 is 1.36. The predicted octanol–water partition coefficient (Wildman–Crippen LogP) is 2.46. The number of hydrogen-bond donors (Lipinski definition) is 1. The van der Waals surface area contributed by atoms with Crippen LogP contribution in [-0.2, 0) is 0 Å². The molecular weight excluding hydrogens is 250 g/mol. The molecule has 0 bridgehead atoms. The molecule has 0 radical (unpaired) electrons. The molecule has 18 heavy (non-hydrogen) atoms. The van der Waals surface area contributed by atoms with Gasteiger partial charge in [-0.25, -0.2) is 0 Å². The minimum Gasteiger partial charge on any atom is -0.497 e. The first-order chi connectivity index (χ1) is 8.58. The van der Waals surface area contributed by atoms with Gasteiger partial charge in [0.1, 0.15) is 5.75 Å². The number of carbonyl (C=O) groups is 1. The van der Waals surface area contributed by atoms with Crippen molar-refractivity contribution in [1.29, 1.82) is 0 Å². The third kappa shape index (κ3) is 2.01. The van der Waals surface area contributed by atoms with Gasteiger partial charge in [0.2, 0.25) is 5.43 Å². The number of hydrogen-bond acceptors (Lipinski definition) is 4. The summed E-state index contributed by atoms with van der Waals surface area (Å²) in [6.45, 7) is 1.40. The molecular formula is C13H13NO3S. The second-order valence-electron chi connectivity index (χ2n) is 3.83. The van der Waals surface area contributed by atoms with E-state index in [9.17, 15) is 9.59 Å². The number of aromatic amines is 1. The summed E-state index contributed by atoms with van der Waals surface area (Å²) in [6.07, 6.45) is 1.83. The Labute approximate surface area is 108 Å². The summed E-state index contributed by atoms with van der Waals surface area (Å²) in [5, 5.41) is 1.07. The van der Waals surface area contributed by atoms with Crippen LogP contribution in [0.3, 0.4) is 0 Å². The number of nitrogens with one attached hydrogen (secondary N) is 1. The summed E-state index contributed by atoms with van der Waals surface area (Å²) in [7, 11) is 1.54. The number of Topliss-reactive ketones (excluding diaryl/α,β-unsaturated/α-hetero) is 1. The molecule has 1 aromatic carbocycles. The van der Waals surface area contributed by atoms with E-state index >= 15 is 0 Å². The Hall–Kier alpha value is -1.75. The molecule has 0 saturated carbocycles. The number of carbonyl (C=O) groups excluding carboxylic acids is 1. The molecule has 1 aromatic heterocycles. The van der Waals surface area contributed by atoms with E-state index in [2.05, 4.69) is 4.98 Å². The van der Waals surface area contributed by atoms with Crippen LogP contribution in [0.15, 0.2) is 28.0 Å². The van der Waals surface area contributed by atoms with Crippen molar-refractivity contribution < 1.29 is 9.53 Å². The van der Waals surface area contributed by atoms with E-state index in [-0.39, 0.29) is 16.8 Å². The Morgan fingerprint density at radius 1 is 1.39 bits per heavy atom. The van der Waals surface area contributed by atoms with Gasteiger partial charge in [-0.3, -0.25) is 9.59 Å². The van der Waals surface area contributed by atoms with Crippen molar-refractivity contribution in [3.05, 3.63) is 34.0 Å². The van der Waals surface area contributed by atoms with E-state index in [1.54, 1.807) is 18.2 Å². The third-order valence-corrected chi connectivity index (χ3v) is 3.44. The van der Waals surface area contributed by atoms with Crippen molar-refractivity contribution in [3.8, 4) is 5.75 Å². The van der Waals surface area contributed by atoms with Gasteiger partial charge in [-0.2, -0.15) is 0 Å². The largest absolute Gasteiger partial charge is 0.497 e. The Balaban J connectivity index is 2.88. The highest BCUT2D eigenvalue weighted by molar-refractivity contribution is 7.98. The van der Waals surface area contributed by atoms with E-state index in [0.29, 0.717) is 21.7 Å². The summed E-state index contributed by atoms with van der Waals surface area (Å²) < 4.78 is 5.09. The number of thioether (sulfide) groups is 1. The maximum Gasteiger partial charge on any atom is 0.201 e. The maximum absolute atomic E-state index is 12.3. The van der Waals surface area contributed by atoms with Crippen LogP contribution in [-0.4, -0.2) is 24.1 Å². The maximum atomic E-state index is 12.3. The van der Waals surface area contributed by atoms with E-state index < -0.39 is 0 Å². The van der Waals surface area contributed by atoms with Crippen LogP contribution in [0.25, 0.3) is 10.9 Å². The van der Waals surface area contributed by atoms with Gasteiger partial charge >= 0.3 is 0 Å². The molecule has 2 rings (SSSR count). The van der Waals surface area contributed by atoms with Gasteiger partial charge in [0.25, 0.3) is 0 Å². The van der Waals surface area contributed by atoms with Crippen LogP contribution in [0, 0.1) is 0 Å². The van der Waals surface area contributed by atoms with Gasteiger partial charge in [0.05, 0.1) is 23.2 Å². The summed E-state index contributed by atoms with van der Waals surface area (Å²) in [5.74, 6) is 0.365. The molecule has 0 spiro atoms. The fraction of sp³-hybridized carbons (Fsp3) is 0.231. The molecule has 1 N–H and O–H groups in total. The highest BCUT2D eigenvalue weighted by Crippen LogP contribution is 2.22. The van der Waals surface area contributed by atoms with Crippen LogP contribution >= 0.6 is 11.8 Å². The van der Waals surface area contributed by atoms with Crippen molar-refractivity contribution in [1.82, 2.24) is 4.98 Å². The van der Waals surface area contributed by atoms with Crippen molar-refractivity contribution in [2.75, 3.05) is 13.4 Å². The third-order valence-electron chi connectivity index (χ3n) is 2.73. The molecule has 4 nitrogen and oxygen atoms in total. The Bertz CT molecular complexity index is 676. The van der Waals surface area contributed by atoms with Crippen molar-refractivity contribution in [2.24, 2.45) is 0 Å². The molecule has 2 aromatic rings. The lowest BCUT2D eigenvalue weighted by Gasteiger charge is -2.08. The Morgan fingerprint density at radius 3 is 2.67 bits per heavy atom. The van der Waals surface area contributed by atoms with Gasteiger partial charge in [0.15, 0.2) is 5.78 Å². The average Bonchev–Trinajstić information content (AvgIpc) is 2.37. The number of ketones is 1. The molecule has 0 saturated heterocycles. The minimum atomic E-state index is -0.250. The van der Waals surface area contributed by atoms with Gasteiger partial charge < -0.3 is 9.72 Å². The first kappa shape index (κ1) is 12.7. The number of benzene rings is 1. The standard InChI is InChI=1S/C13H13NO3S/c1-7(15)11-12(16)9-6-8(17-2)4-5-10(9)14-13(11)18-3/h4-6H,1-3H3,(H,14,16). The predicted molar refractivity (Wildman–Crippen MR) is 72.9 cm³/mol. The van der Waals surface area contributed by atoms with Crippen LogP contribution in [0.2, 0.25) is 0 Å². The van der Waals surface area contributed by atoms with E-state index in [1.807, 2.05) is 6.26 Å². The first-order valence-electron chi connectivity index (χ1n) is 5.37. The topological polar surface area (TPSA) is 59.2 Å². The quantitative estimate of drug-likeness (QED) is 0.682. The van der Waals surface area contributed by atoms with Crippen LogP contribution < -0.4 is 10.2 Å². The van der Waals surface area contributed by atoms with Gasteiger partial charge in [-0.05, 0) is 31.4 Å². The number of methoxy groups -OCH3 is 1.